The minimum atomic E-state index is 0.808. The fourth-order valence-electron chi connectivity index (χ4n) is 3.14. The van der Waals surface area contributed by atoms with Crippen LogP contribution < -0.4 is 5.32 Å². The maximum atomic E-state index is 3.77. The van der Waals surface area contributed by atoms with Crippen molar-refractivity contribution in [1.29, 1.82) is 0 Å². The highest BCUT2D eigenvalue weighted by molar-refractivity contribution is 4.81. The molecule has 0 radical (unpaired) electrons. The predicted octanol–water partition coefficient (Wildman–Crippen LogP) is 4.37. The SMILES string of the molecule is CCCNC(CCC)C1CCC(CC)CC1. The zero-order valence-corrected chi connectivity index (χ0v) is 11.6. The number of hydrogen-bond acceptors (Lipinski definition) is 1. The van der Waals surface area contributed by atoms with Crippen molar-refractivity contribution in [3.63, 3.8) is 0 Å². The number of hydrogen-bond donors (Lipinski definition) is 1. The van der Waals surface area contributed by atoms with Crippen LogP contribution in [0.5, 0.6) is 0 Å². The van der Waals surface area contributed by atoms with Crippen molar-refractivity contribution >= 4 is 0 Å². The fourth-order valence-corrected chi connectivity index (χ4v) is 3.14. The molecule has 0 saturated heterocycles. The third-order valence-electron chi connectivity index (χ3n) is 4.29. The summed E-state index contributed by atoms with van der Waals surface area (Å²) >= 11 is 0. The molecule has 0 aliphatic heterocycles. The van der Waals surface area contributed by atoms with Gasteiger partial charge in [0.2, 0.25) is 0 Å². The summed E-state index contributed by atoms with van der Waals surface area (Å²) in [5.74, 6) is 2.00. The molecule has 1 heteroatoms. The van der Waals surface area contributed by atoms with E-state index in [1.165, 1.54) is 57.9 Å². The Morgan fingerprint density at radius 1 is 1.00 bits per heavy atom. The van der Waals surface area contributed by atoms with Crippen LogP contribution in [0.25, 0.3) is 0 Å². The standard InChI is InChI=1S/C15H31N/c1-4-7-15(16-12-5-2)14-10-8-13(6-3)9-11-14/h13-16H,4-12H2,1-3H3. The van der Waals surface area contributed by atoms with Gasteiger partial charge in [0, 0.05) is 6.04 Å². The van der Waals surface area contributed by atoms with E-state index >= 15 is 0 Å². The largest absolute Gasteiger partial charge is 0.314 e. The van der Waals surface area contributed by atoms with E-state index in [9.17, 15) is 0 Å². The molecule has 1 saturated carbocycles. The second kappa shape index (κ2) is 8.11. The van der Waals surface area contributed by atoms with Crippen LogP contribution in [0.4, 0.5) is 0 Å². The van der Waals surface area contributed by atoms with E-state index in [2.05, 4.69) is 26.1 Å². The van der Waals surface area contributed by atoms with Crippen LogP contribution in [0.2, 0.25) is 0 Å². The van der Waals surface area contributed by atoms with Gasteiger partial charge < -0.3 is 5.32 Å². The van der Waals surface area contributed by atoms with Crippen molar-refractivity contribution in [1.82, 2.24) is 5.32 Å². The molecule has 0 heterocycles. The molecule has 1 atom stereocenters. The number of nitrogens with one attached hydrogen (secondary N) is 1. The normalized spacial score (nSPS) is 27.9. The maximum Gasteiger partial charge on any atom is 0.00952 e. The van der Waals surface area contributed by atoms with E-state index in [1.54, 1.807) is 0 Å². The molecule has 1 aliphatic carbocycles. The molecular weight excluding hydrogens is 194 g/mol. The van der Waals surface area contributed by atoms with Crippen molar-refractivity contribution in [3.05, 3.63) is 0 Å². The Morgan fingerprint density at radius 3 is 2.19 bits per heavy atom. The third kappa shape index (κ3) is 4.45. The van der Waals surface area contributed by atoms with E-state index < -0.39 is 0 Å². The van der Waals surface area contributed by atoms with Crippen molar-refractivity contribution in [2.75, 3.05) is 6.54 Å². The summed E-state index contributed by atoms with van der Waals surface area (Å²) < 4.78 is 0. The van der Waals surface area contributed by atoms with Crippen molar-refractivity contribution in [2.45, 2.75) is 78.2 Å². The average Bonchev–Trinajstić information content (AvgIpc) is 2.35. The van der Waals surface area contributed by atoms with E-state index in [0.29, 0.717) is 0 Å². The minimum absolute atomic E-state index is 0.808. The summed E-state index contributed by atoms with van der Waals surface area (Å²) in [5, 5.41) is 3.77. The first-order valence-electron chi connectivity index (χ1n) is 7.55. The second-order valence-electron chi connectivity index (χ2n) is 5.54. The molecule has 16 heavy (non-hydrogen) atoms. The smallest absolute Gasteiger partial charge is 0.00952 e. The van der Waals surface area contributed by atoms with Gasteiger partial charge in [0.1, 0.15) is 0 Å². The molecule has 1 aliphatic rings. The quantitative estimate of drug-likeness (QED) is 0.678. The summed E-state index contributed by atoms with van der Waals surface area (Å²) in [5.41, 5.74) is 0. The Balaban J connectivity index is 2.33. The molecule has 0 amide bonds. The fraction of sp³-hybridized carbons (Fsp3) is 1.00. The van der Waals surface area contributed by atoms with Crippen LogP contribution >= 0.6 is 0 Å². The maximum absolute atomic E-state index is 3.77. The van der Waals surface area contributed by atoms with Gasteiger partial charge in [-0.25, -0.2) is 0 Å². The predicted molar refractivity (Wildman–Crippen MR) is 72.7 cm³/mol. The van der Waals surface area contributed by atoms with Crippen LogP contribution in [0.1, 0.15) is 72.1 Å². The van der Waals surface area contributed by atoms with Crippen LogP contribution in [-0.2, 0) is 0 Å². The molecule has 96 valence electrons. The van der Waals surface area contributed by atoms with E-state index in [4.69, 9.17) is 0 Å². The molecule has 1 N–H and O–H groups in total. The summed E-state index contributed by atoms with van der Waals surface area (Å²) in [7, 11) is 0. The van der Waals surface area contributed by atoms with Gasteiger partial charge in [0.25, 0.3) is 0 Å². The molecule has 0 spiro atoms. The first-order valence-corrected chi connectivity index (χ1v) is 7.55. The van der Waals surface area contributed by atoms with E-state index in [-0.39, 0.29) is 0 Å². The zero-order chi connectivity index (χ0) is 11.8. The molecule has 0 bridgehead atoms. The first kappa shape index (κ1) is 14.0. The lowest BCUT2D eigenvalue weighted by atomic mass is 9.76. The van der Waals surface area contributed by atoms with Gasteiger partial charge in [0.15, 0.2) is 0 Å². The van der Waals surface area contributed by atoms with Crippen molar-refractivity contribution < 1.29 is 0 Å². The summed E-state index contributed by atoms with van der Waals surface area (Å²) in [6.45, 7) is 8.14. The molecule has 0 aromatic rings. The monoisotopic (exact) mass is 225 g/mol. The second-order valence-corrected chi connectivity index (χ2v) is 5.54. The molecule has 1 rings (SSSR count). The van der Waals surface area contributed by atoms with Crippen LogP contribution in [0.3, 0.4) is 0 Å². The van der Waals surface area contributed by atoms with Crippen LogP contribution in [0.15, 0.2) is 0 Å². The lowest BCUT2D eigenvalue weighted by Crippen LogP contribution is -2.38. The Bertz CT molecular complexity index is 159. The molecule has 1 nitrogen and oxygen atoms in total. The van der Waals surface area contributed by atoms with E-state index in [1.807, 2.05) is 0 Å². The third-order valence-corrected chi connectivity index (χ3v) is 4.29. The molecule has 0 aromatic carbocycles. The van der Waals surface area contributed by atoms with Gasteiger partial charge >= 0.3 is 0 Å². The highest BCUT2D eigenvalue weighted by Gasteiger charge is 2.25. The lowest BCUT2D eigenvalue weighted by Gasteiger charge is -2.34. The lowest BCUT2D eigenvalue weighted by molar-refractivity contribution is 0.210. The van der Waals surface area contributed by atoms with Gasteiger partial charge in [-0.15, -0.1) is 0 Å². The topological polar surface area (TPSA) is 12.0 Å². The molecular formula is C15H31N. The summed E-state index contributed by atoms with van der Waals surface area (Å²) in [6.07, 6.45) is 11.3. The summed E-state index contributed by atoms with van der Waals surface area (Å²) in [6, 6.07) is 0.808. The zero-order valence-electron chi connectivity index (χ0n) is 11.6. The summed E-state index contributed by atoms with van der Waals surface area (Å²) in [4.78, 5) is 0. The van der Waals surface area contributed by atoms with Crippen molar-refractivity contribution in [3.8, 4) is 0 Å². The van der Waals surface area contributed by atoms with Gasteiger partial charge in [-0.3, -0.25) is 0 Å². The van der Waals surface area contributed by atoms with Crippen LogP contribution in [-0.4, -0.2) is 12.6 Å². The first-order chi connectivity index (χ1) is 7.81. The van der Waals surface area contributed by atoms with E-state index in [0.717, 1.165) is 17.9 Å². The average molecular weight is 225 g/mol. The number of rotatable bonds is 7. The van der Waals surface area contributed by atoms with Crippen LogP contribution in [0, 0.1) is 11.8 Å². The Labute approximate surface area is 102 Å². The Hall–Kier alpha value is -0.0400. The van der Waals surface area contributed by atoms with Gasteiger partial charge in [-0.1, -0.05) is 46.5 Å². The molecule has 0 aromatic heterocycles. The Morgan fingerprint density at radius 2 is 1.69 bits per heavy atom. The molecule has 1 unspecified atom stereocenters. The van der Waals surface area contributed by atoms with Gasteiger partial charge in [-0.05, 0) is 44.1 Å². The highest BCUT2D eigenvalue weighted by atomic mass is 14.9. The van der Waals surface area contributed by atoms with Gasteiger partial charge in [-0.2, -0.15) is 0 Å². The minimum Gasteiger partial charge on any atom is -0.314 e. The molecule has 1 fully saturated rings. The Kier molecular flexibility index (Phi) is 7.11. The highest BCUT2D eigenvalue weighted by Crippen LogP contribution is 2.33. The van der Waals surface area contributed by atoms with Crippen molar-refractivity contribution in [2.24, 2.45) is 11.8 Å². The van der Waals surface area contributed by atoms with Gasteiger partial charge in [0.05, 0.1) is 0 Å².